The first-order valence-corrected chi connectivity index (χ1v) is 22.6. The topological polar surface area (TPSA) is 9.23 Å². The van der Waals surface area contributed by atoms with Crippen LogP contribution in [0.1, 0.15) is 12.5 Å². The van der Waals surface area contributed by atoms with Gasteiger partial charge in [0.2, 0.25) is 5.34 Å². The van der Waals surface area contributed by atoms with Crippen LogP contribution in [-0.2, 0) is 9.77 Å². The lowest BCUT2D eigenvalue weighted by molar-refractivity contribution is 0.184. The van der Waals surface area contributed by atoms with Gasteiger partial charge in [-0.25, -0.2) is 65.9 Å². The van der Waals surface area contributed by atoms with E-state index in [0.717, 1.165) is 0 Å². The number of benzene rings is 6. The fourth-order valence-corrected chi connectivity index (χ4v) is 21.2. The van der Waals surface area contributed by atoms with Gasteiger partial charge in [-0.3, -0.25) is 0 Å². The second-order valence-corrected chi connectivity index (χ2v) is 22.6. The number of hydrogen-bond donors (Lipinski definition) is 0. The lowest BCUT2D eigenvalue weighted by atomic mass is 9.15. The third kappa shape index (κ3) is 6.03. The summed E-state index contributed by atoms with van der Waals surface area (Å²) in [6, 6.07) is 22.6. The minimum absolute atomic E-state index is 0.156. The van der Waals surface area contributed by atoms with Crippen LogP contribution in [0, 0.1) is 87.3 Å². The molecule has 7 rings (SSSR count). The molecule has 0 unspecified atom stereocenters. The van der Waals surface area contributed by atoms with Crippen LogP contribution in [-0.4, -0.2) is 14.5 Å². The van der Waals surface area contributed by atoms with Crippen molar-refractivity contribution < 1.29 is 70.3 Å². The highest BCUT2D eigenvalue weighted by molar-refractivity contribution is 7.96. The second-order valence-electron chi connectivity index (χ2n) is 14.7. The summed E-state index contributed by atoms with van der Waals surface area (Å²) < 4.78 is 245. The van der Waals surface area contributed by atoms with Gasteiger partial charge in [0.05, 0.1) is 4.94 Å². The first-order valence-electron chi connectivity index (χ1n) is 17.9. The molecule has 19 heteroatoms. The monoisotopic (exact) mass is 900 g/mol. The van der Waals surface area contributed by atoms with Gasteiger partial charge in [0, 0.05) is 12.5 Å². The first kappa shape index (κ1) is 43.8. The minimum Gasteiger partial charge on any atom is -0.370 e. The summed E-state index contributed by atoms with van der Waals surface area (Å²) in [4.78, 5) is -0.472. The average molecular weight is 901 g/mol. The molecule has 0 aliphatic carbocycles. The van der Waals surface area contributed by atoms with E-state index < -0.39 is 136 Å². The standard InChI is InChI=1S/C42H25BF15OPSi/c1-42(20-13-7-4-8-14-20)59-61(2,3)23(60(42,21-15-9-5-10-16-21)22-17-11-6-12-18-22)19-43(24-27(44)33(50)39(56)34(51)28(24)45,25-29(46)35(52)40(57)36(53)30(25)47)26-31(48)37(54)41(58)38(55)32(26)49/h4-19H,1-3H3/b23-19-/t42-/m1/s1. The van der Waals surface area contributed by atoms with Crippen LogP contribution in [0.4, 0.5) is 65.9 Å². The van der Waals surface area contributed by atoms with Crippen molar-refractivity contribution in [3.63, 3.8) is 0 Å². The van der Waals surface area contributed by atoms with Crippen molar-refractivity contribution in [2.75, 3.05) is 0 Å². The Morgan fingerprint density at radius 3 is 0.984 bits per heavy atom. The smallest absolute Gasteiger partial charge is 0.259 e. The summed E-state index contributed by atoms with van der Waals surface area (Å²) in [7, 11) is -8.49. The van der Waals surface area contributed by atoms with Gasteiger partial charge in [0.15, 0.2) is 52.4 Å². The predicted molar refractivity (Wildman–Crippen MR) is 203 cm³/mol. The Balaban J connectivity index is 1.92. The predicted octanol–water partition coefficient (Wildman–Crippen LogP) is 9.98. The van der Waals surface area contributed by atoms with Gasteiger partial charge >= 0.3 is 0 Å². The molecule has 0 aromatic heterocycles. The van der Waals surface area contributed by atoms with E-state index in [1.54, 1.807) is 30.3 Å². The lowest BCUT2D eigenvalue weighted by Gasteiger charge is -2.44. The Bertz CT molecular complexity index is 2500. The summed E-state index contributed by atoms with van der Waals surface area (Å²) in [5.74, 6) is -45.7. The largest absolute Gasteiger partial charge is 0.370 e. The van der Waals surface area contributed by atoms with Crippen LogP contribution in [0.15, 0.2) is 102 Å². The molecule has 0 radical (unpaired) electrons. The van der Waals surface area contributed by atoms with Crippen molar-refractivity contribution in [3.05, 3.63) is 195 Å². The lowest BCUT2D eigenvalue weighted by Crippen LogP contribution is -2.72. The van der Waals surface area contributed by atoms with E-state index in [4.69, 9.17) is 4.43 Å². The zero-order chi connectivity index (χ0) is 44.7. The summed E-state index contributed by atoms with van der Waals surface area (Å²) in [5, 5.41) is -1.44. The maximum absolute atomic E-state index is 16.7. The molecular weight excluding hydrogens is 875 g/mol. The number of hydrogen-bond acceptors (Lipinski definition) is 1. The Morgan fingerprint density at radius 2 is 0.689 bits per heavy atom. The van der Waals surface area contributed by atoms with E-state index in [9.17, 15) is 13.2 Å². The van der Waals surface area contributed by atoms with Crippen molar-refractivity contribution in [2.45, 2.75) is 25.4 Å². The van der Waals surface area contributed by atoms with Gasteiger partial charge < -0.3 is 4.43 Å². The van der Waals surface area contributed by atoms with E-state index in [-0.39, 0.29) is 16.6 Å². The molecule has 6 aromatic carbocycles. The molecule has 0 spiro atoms. The second kappa shape index (κ2) is 15.2. The fraction of sp³-hybridized carbons (Fsp3) is 0.0952. The van der Waals surface area contributed by atoms with Gasteiger partial charge in [-0.1, -0.05) is 66.7 Å². The molecule has 1 atom stereocenters. The van der Waals surface area contributed by atoms with E-state index in [1.165, 1.54) is 80.7 Å². The van der Waals surface area contributed by atoms with E-state index in [0.29, 0.717) is 5.56 Å². The maximum Gasteiger partial charge on any atom is 0.259 e. The van der Waals surface area contributed by atoms with Crippen LogP contribution in [0.25, 0.3) is 0 Å². The zero-order valence-corrected chi connectivity index (χ0v) is 33.2. The molecule has 316 valence electrons. The quantitative estimate of drug-likeness (QED) is 0.0510. The fourth-order valence-electron chi connectivity index (χ4n) is 8.77. The summed E-state index contributed by atoms with van der Waals surface area (Å²) in [6.45, 7) is 4.14. The Hall–Kier alpha value is -5.32. The average Bonchev–Trinajstić information content (AvgIpc) is 3.44. The maximum atomic E-state index is 16.7. The molecule has 0 amide bonds. The van der Waals surface area contributed by atoms with Crippen LogP contribution in [0.2, 0.25) is 13.1 Å². The van der Waals surface area contributed by atoms with Crippen LogP contribution >= 0.6 is 7.26 Å². The molecule has 0 saturated carbocycles. The van der Waals surface area contributed by atoms with E-state index in [1.807, 2.05) is 0 Å². The molecule has 1 aliphatic rings. The Labute approximate surface area is 338 Å². The molecule has 1 heterocycles. The molecule has 0 bridgehead atoms. The summed E-state index contributed by atoms with van der Waals surface area (Å²) in [5.41, 5.74) is -7.81. The highest BCUT2D eigenvalue weighted by atomic mass is 31.2. The molecule has 6 aromatic rings. The van der Waals surface area contributed by atoms with Gasteiger partial charge in [0.1, 0.15) is 58.9 Å². The highest BCUT2D eigenvalue weighted by Crippen LogP contribution is 2.82. The van der Waals surface area contributed by atoms with Gasteiger partial charge in [-0.15, -0.1) is 16.4 Å². The number of halogens is 15. The highest BCUT2D eigenvalue weighted by Gasteiger charge is 2.73. The van der Waals surface area contributed by atoms with Crippen LogP contribution in [0.3, 0.4) is 0 Å². The minimum atomic E-state index is -6.05. The Kier molecular flexibility index (Phi) is 10.9. The van der Waals surface area contributed by atoms with Crippen molar-refractivity contribution in [2.24, 2.45) is 0 Å². The molecular formula is C42H25BF15OPSi. The molecule has 1 fully saturated rings. The molecule has 61 heavy (non-hydrogen) atoms. The summed E-state index contributed by atoms with van der Waals surface area (Å²) >= 11 is 0. The van der Waals surface area contributed by atoms with Gasteiger partial charge in [0.25, 0.3) is 8.32 Å². The SMILES string of the molecule is C[C@@]1(c2ccccc2)O[Si](C)(C)/C(=C\[B-](c2c(F)c(F)c(F)c(F)c2F)(c2c(F)c(F)c(F)c(F)c2F)c2c(F)c(F)c(F)c(F)c2F)[P+]1(c1ccccc1)c1ccccc1. The van der Waals surface area contributed by atoms with Crippen molar-refractivity contribution in [1.29, 1.82) is 0 Å². The van der Waals surface area contributed by atoms with Crippen LogP contribution in [0.5, 0.6) is 0 Å². The van der Waals surface area contributed by atoms with Crippen molar-refractivity contribution in [3.8, 4) is 0 Å². The third-order valence-corrected chi connectivity index (χ3v) is 20.9. The molecule has 1 saturated heterocycles. The normalized spacial score (nSPS) is 18.0. The molecule has 1 aliphatic heterocycles. The molecule has 1 nitrogen and oxygen atoms in total. The van der Waals surface area contributed by atoms with E-state index >= 15 is 52.7 Å². The van der Waals surface area contributed by atoms with Gasteiger partial charge in [-0.2, -0.15) is 5.98 Å². The Morgan fingerprint density at radius 1 is 0.426 bits per heavy atom. The third-order valence-electron chi connectivity index (χ3n) is 11.2. The molecule has 0 N–H and O–H groups in total. The van der Waals surface area contributed by atoms with Gasteiger partial charge in [-0.05, 0) is 37.4 Å². The van der Waals surface area contributed by atoms with E-state index in [2.05, 4.69) is 0 Å². The first-order chi connectivity index (χ1) is 28.6. The summed E-state index contributed by atoms with van der Waals surface area (Å²) in [6.07, 6.45) is -6.05. The van der Waals surface area contributed by atoms with Crippen LogP contribution < -0.4 is 27.0 Å². The van der Waals surface area contributed by atoms with Crippen molar-refractivity contribution in [1.82, 2.24) is 0 Å². The zero-order valence-electron chi connectivity index (χ0n) is 31.3. The van der Waals surface area contributed by atoms with Crippen molar-refractivity contribution >= 4 is 48.7 Å². The number of rotatable bonds is 7.